The van der Waals surface area contributed by atoms with Gasteiger partial charge in [-0.3, -0.25) is 0 Å². The van der Waals surface area contributed by atoms with Crippen molar-refractivity contribution in [2.45, 2.75) is 37.6 Å². The van der Waals surface area contributed by atoms with E-state index in [4.69, 9.17) is 4.43 Å². The molecule has 174 valence electrons. The third-order valence-corrected chi connectivity index (χ3v) is 13.2. The van der Waals surface area contributed by atoms with Gasteiger partial charge in [-0.25, -0.2) is 0 Å². The first-order valence-corrected chi connectivity index (χ1v) is 15.4. The standard InChI is InChI=1S/C30H31BrOSSi/c1-22-16-21-27(33-5)29(31)28(22)23-17-19-24(20-18-23)32-34(30(2,3)4,25-12-8-6-9-13-25)26-14-10-7-11-15-26/h6-21H,1-5H3. The van der Waals surface area contributed by atoms with Crippen LogP contribution in [-0.2, 0) is 0 Å². The Kier molecular flexibility index (Phi) is 7.41. The van der Waals surface area contributed by atoms with Crippen molar-refractivity contribution in [1.82, 2.24) is 0 Å². The largest absolute Gasteiger partial charge is 0.534 e. The highest BCUT2D eigenvalue weighted by Crippen LogP contribution is 2.40. The lowest BCUT2D eigenvalue weighted by atomic mass is 10.0. The van der Waals surface area contributed by atoms with Gasteiger partial charge in [0, 0.05) is 9.37 Å². The summed E-state index contributed by atoms with van der Waals surface area (Å²) in [7, 11) is -2.64. The second kappa shape index (κ2) is 10.1. The first kappa shape index (κ1) is 24.8. The van der Waals surface area contributed by atoms with Gasteiger partial charge in [0.2, 0.25) is 0 Å². The molecular weight excluding hydrogens is 516 g/mol. The Morgan fingerprint density at radius 1 is 0.735 bits per heavy atom. The maximum absolute atomic E-state index is 7.16. The van der Waals surface area contributed by atoms with Gasteiger partial charge in [0.1, 0.15) is 5.75 Å². The van der Waals surface area contributed by atoms with Crippen LogP contribution in [0.2, 0.25) is 5.04 Å². The topological polar surface area (TPSA) is 9.23 Å². The Labute approximate surface area is 217 Å². The molecule has 0 bridgehead atoms. The van der Waals surface area contributed by atoms with E-state index >= 15 is 0 Å². The van der Waals surface area contributed by atoms with Gasteiger partial charge in [0.25, 0.3) is 0 Å². The van der Waals surface area contributed by atoms with Gasteiger partial charge in [0.05, 0.1) is 0 Å². The predicted molar refractivity (Wildman–Crippen MR) is 154 cm³/mol. The number of halogens is 1. The fraction of sp³-hybridized carbons (Fsp3) is 0.200. The fourth-order valence-corrected chi connectivity index (χ4v) is 10.7. The molecule has 0 spiro atoms. The molecule has 0 radical (unpaired) electrons. The molecule has 4 heteroatoms. The summed E-state index contributed by atoms with van der Waals surface area (Å²) in [6.45, 7) is 9.09. The van der Waals surface area contributed by atoms with Crippen LogP contribution in [0.25, 0.3) is 11.1 Å². The Bertz CT molecular complexity index is 1210. The molecule has 0 fully saturated rings. The lowest BCUT2D eigenvalue weighted by molar-refractivity contribution is 0.508. The van der Waals surface area contributed by atoms with Crippen LogP contribution < -0.4 is 14.8 Å². The zero-order valence-corrected chi connectivity index (χ0v) is 23.8. The maximum atomic E-state index is 7.16. The minimum Gasteiger partial charge on any atom is -0.534 e. The number of rotatable bonds is 6. The Balaban J connectivity index is 1.81. The molecule has 4 aromatic rings. The summed E-state index contributed by atoms with van der Waals surface area (Å²) in [5.41, 5.74) is 3.68. The normalized spacial score (nSPS) is 11.9. The van der Waals surface area contributed by atoms with E-state index in [1.807, 2.05) is 0 Å². The summed E-state index contributed by atoms with van der Waals surface area (Å²) in [6.07, 6.45) is 2.11. The Morgan fingerprint density at radius 2 is 1.26 bits per heavy atom. The summed E-state index contributed by atoms with van der Waals surface area (Å²) >= 11 is 5.59. The third-order valence-electron chi connectivity index (χ3n) is 6.37. The average molecular weight is 548 g/mol. The van der Waals surface area contributed by atoms with Crippen molar-refractivity contribution in [2.75, 3.05) is 6.26 Å². The quantitative estimate of drug-likeness (QED) is 0.178. The summed E-state index contributed by atoms with van der Waals surface area (Å²) in [5.74, 6) is 0.910. The molecule has 0 aliphatic rings. The Hall–Kier alpha value is -2.27. The van der Waals surface area contributed by atoms with Gasteiger partial charge in [-0.1, -0.05) is 99.6 Å². The second-order valence-corrected chi connectivity index (χ2v) is 15.4. The smallest absolute Gasteiger partial charge is 0.319 e. The van der Waals surface area contributed by atoms with Crippen LogP contribution >= 0.6 is 27.7 Å². The molecule has 0 aromatic heterocycles. The van der Waals surface area contributed by atoms with Crippen LogP contribution in [0.1, 0.15) is 26.3 Å². The SMILES string of the molecule is CSc1ccc(C)c(-c2ccc(O[Si](c3ccccc3)(c3ccccc3)C(C)(C)C)cc2)c1Br. The molecule has 0 aliphatic carbocycles. The maximum Gasteiger partial charge on any atom is 0.319 e. The lowest BCUT2D eigenvalue weighted by Crippen LogP contribution is -2.68. The Morgan fingerprint density at radius 3 is 1.74 bits per heavy atom. The van der Waals surface area contributed by atoms with E-state index in [1.54, 1.807) is 11.8 Å². The van der Waals surface area contributed by atoms with E-state index in [-0.39, 0.29) is 5.04 Å². The van der Waals surface area contributed by atoms with Crippen LogP contribution in [0.5, 0.6) is 5.75 Å². The number of benzene rings is 4. The van der Waals surface area contributed by atoms with Gasteiger partial charge in [-0.05, 0) is 79.4 Å². The summed E-state index contributed by atoms with van der Waals surface area (Å²) < 4.78 is 8.31. The summed E-state index contributed by atoms with van der Waals surface area (Å²) in [4.78, 5) is 1.24. The van der Waals surface area contributed by atoms with Crippen LogP contribution in [0, 0.1) is 6.92 Å². The third kappa shape index (κ3) is 4.64. The van der Waals surface area contributed by atoms with Gasteiger partial charge in [-0.15, -0.1) is 11.8 Å². The predicted octanol–water partition coefficient (Wildman–Crippen LogP) is 8.09. The zero-order valence-electron chi connectivity index (χ0n) is 20.4. The fourth-order valence-electron chi connectivity index (χ4n) is 4.68. The molecule has 0 atom stereocenters. The molecule has 0 saturated carbocycles. The minimum absolute atomic E-state index is 0.0688. The van der Waals surface area contributed by atoms with Crippen LogP contribution in [0.4, 0.5) is 0 Å². The molecule has 0 amide bonds. The zero-order chi connectivity index (χ0) is 24.3. The molecule has 4 rings (SSSR count). The van der Waals surface area contributed by atoms with Crippen molar-refractivity contribution in [2.24, 2.45) is 0 Å². The molecule has 34 heavy (non-hydrogen) atoms. The van der Waals surface area contributed by atoms with E-state index < -0.39 is 8.32 Å². The van der Waals surface area contributed by atoms with Crippen molar-refractivity contribution in [3.05, 3.63) is 107 Å². The number of hydrogen-bond donors (Lipinski definition) is 0. The monoisotopic (exact) mass is 546 g/mol. The van der Waals surface area contributed by atoms with E-state index in [9.17, 15) is 0 Å². The van der Waals surface area contributed by atoms with Crippen molar-refractivity contribution < 1.29 is 4.43 Å². The highest BCUT2D eigenvalue weighted by Gasteiger charge is 2.52. The van der Waals surface area contributed by atoms with Gasteiger partial charge < -0.3 is 4.43 Å². The minimum atomic E-state index is -2.64. The molecule has 0 unspecified atom stereocenters. The van der Waals surface area contributed by atoms with Crippen molar-refractivity contribution >= 4 is 46.4 Å². The van der Waals surface area contributed by atoms with Gasteiger partial charge in [0.15, 0.2) is 0 Å². The first-order valence-electron chi connectivity index (χ1n) is 11.5. The van der Waals surface area contributed by atoms with Gasteiger partial charge >= 0.3 is 8.32 Å². The van der Waals surface area contributed by atoms with Crippen LogP contribution in [-0.4, -0.2) is 14.6 Å². The molecule has 0 saturated heterocycles. The first-order chi connectivity index (χ1) is 16.3. The highest BCUT2D eigenvalue weighted by molar-refractivity contribution is 9.10. The lowest BCUT2D eigenvalue weighted by Gasteiger charge is -2.43. The van der Waals surface area contributed by atoms with E-state index in [1.165, 1.54) is 32.0 Å². The summed E-state index contributed by atoms with van der Waals surface area (Å²) in [5, 5.41) is 2.49. The molecule has 0 aliphatic heterocycles. The molecule has 0 N–H and O–H groups in total. The molecule has 0 heterocycles. The molecule has 4 aromatic carbocycles. The second-order valence-electron chi connectivity index (χ2n) is 9.56. The molecular formula is C30H31BrOSSi. The number of thioether (sulfide) groups is 1. The number of hydrogen-bond acceptors (Lipinski definition) is 2. The van der Waals surface area contributed by atoms with E-state index in [0.29, 0.717) is 0 Å². The summed E-state index contributed by atoms with van der Waals surface area (Å²) in [6, 6.07) is 34.6. The number of aryl methyl sites for hydroxylation is 1. The average Bonchev–Trinajstić information content (AvgIpc) is 2.84. The van der Waals surface area contributed by atoms with E-state index in [2.05, 4.69) is 147 Å². The van der Waals surface area contributed by atoms with E-state index in [0.717, 1.165) is 10.2 Å². The van der Waals surface area contributed by atoms with Crippen molar-refractivity contribution in [1.29, 1.82) is 0 Å². The van der Waals surface area contributed by atoms with Crippen LogP contribution in [0.3, 0.4) is 0 Å². The van der Waals surface area contributed by atoms with Crippen molar-refractivity contribution in [3.8, 4) is 16.9 Å². The molecule has 1 nitrogen and oxygen atoms in total. The van der Waals surface area contributed by atoms with Gasteiger partial charge in [-0.2, -0.15) is 0 Å². The van der Waals surface area contributed by atoms with Crippen molar-refractivity contribution in [3.63, 3.8) is 0 Å². The van der Waals surface area contributed by atoms with Crippen LogP contribution in [0.15, 0.2) is 106 Å². The highest BCUT2D eigenvalue weighted by atomic mass is 79.9.